The van der Waals surface area contributed by atoms with Crippen molar-refractivity contribution in [1.29, 1.82) is 0 Å². The summed E-state index contributed by atoms with van der Waals surface area (Å²) in [5.74, 6) is 7.74. The molecule has 4 aliphatic rings. The zero-order valence-corrected chi connectivity index (χ0v) is 36.2. The molecule has 0 spiro atoms. The Hall–Kier alpha value is -1.51. The molecule has 0 amide bonds. The minimum Gasteiger partial charge on any atom is -0.466 e. The van der Waals surface area contributed by atoms with Gasteiger partial charge in [-0.1, -0.05) is 130 Å². The molecule has 3 fully saturated rings. The summed E-state index contributed by atoms with van der Waals surface area (Å²) in [4.78, 5) is 12.9. The summed E-state index contributed by atoms with van der Waals surface area (Å²) in [6, 6.07) is 0. The molecule has 1 heterocycles. The Balaban J connectivity index is 0.946. The summed E-state index contributed by atoms with van der Waals surface area (Å²) in [6.07, 6.45) is 35.0. The van der Waals surface area contributed by atoms with Crippen LogP contribution in [-0.4, -0.2) is 12.1 Å². The monoisotopic (exact) mass is 733 g/mol. The predicted octanol–water partition coefficient (Wildman–Crippen LogP) is 15.0. The van der Waals surface area contributed by atoms with Gasteiger partial charge in [0.05, 0.1) is 0 Å². The zero-order valence-electron chi connectivity index (χ0n) is 36.2. The number of ether oxygens (including phenoxy) is 1. The number of carbonyl (C=O) groups is 1. The Morgan fingerprint density at radius 3 is 2.08 bits per heavy atom. The molecule has 3 saturated carbocycles. The van der Waals surface area contributed by atoms with Crippen LogP contribution in [0.2, 0.25) is 0 Å². The fourth-order valence-corrected chi connectivity index (χ4v) is 12.5. The zero-order chi connectivity index (χ0) is 38.0. The SMILES string of the molecule is CCCCCCc1oc(CCCCCCCCCCC(=O)OC2CCC3(C)C(=CCC4C3CCC3(C)C(C(C)CCCC(C)C)CCC43)C2)c(C)c1C. The number of furan rings is 1. The molecule has 0 aliphatic heterocycles. The van der Waals surface area contributed by atoms with Crippen LogP contribution in [0, 0.1) is 60.2 Å². The van der Waals surface area contributed by atoms with Crippen molar-refractivity contribution >= 4 is 5.97 Å². The van der Waals surface area contributed by atoms with E-state index in [1.54, 1.807) is 5.57 Å². The number of carbonyl (C=O) groups excluding carboxylic acids is 1. The average Bonchev–Trinajstić information content (AvgIpc) is 3.62. The Morgan fingerprint density at radius 2 is 1.42 bits per heavy atom. The predicted molar refractivity (Wildman–Crippen MR) is 224 cm³/mol. The lowest BCUT2D eigenvalue weighted by Gasteiger charge is -2.58. The van der Waals surface area contributed by atoms with Gasteiger partial charge in [0.15, 0.2) is 0 Å². The number of aryl methyl sites for hydroxylation is 2. The van der Waals surface area contributed by atoms with E-state index in [-0.39, 0.29) is 12.1 Å². The molecule has 1 aromatic rings. The third-order valence-electron chi connectivity index (χ3n) is 16.0. The molecule has 8 atom stereocenters. The molecular formula is C50H84O3. The first-order chi connectivity index (χ1) is 25.5. The van der Waals surface area contributed by atoms with E-state index in [0.29, 0.717) is 17.3 Å². The van der Waals surface area contributed by atoms with Gasteiger partial charge in [0.2, 0.25) is 0 Å². The van der Waals surface area contributed by atoms with E-state index in [2.05, 4.69) is 61.5 Å². The molecule has 1 aromatic heterocycles. The quantitative estimate of drug-likeness (QED) is 0.0677. The van der Waals surface area contributed by atoms with Gasteiger partial charge < -0.3 is 9.15 Å². The lowest BCUT2D eigenvalue weighted by molar-refractivity contribution is -0.151. The summed E-state index contributed by atoms with van der Waals surface area (Å²) < 4.78 is 12.5. The Kier molecular flexibility index (Phi) is 16.1. The minimum atomic E-state index is 0.0495. The second kappa shape index (κ2) is 20.1. The van der Waals surface area contributed by atoms with E-state index < -0.39 is 0 Å². The van der Waals surface area contributed by atoms with E-state index in [4.69, 9.17) is 9.15 Å². The molecule has 8 unspecified atom stereocenters. The molecule has 3 heteroatoms. The van der Waals surface area contributed by atoms with Crippen molar-refractivity contribution in [3.8, 4) is 0 Å². The van der Waals surface area contributed by atoms with E-state index >= 15 is 0 Å². The number of unbranched alkanes of at least 4 members (excludes halogenated alkanes) is 10. The topological polar surface area (TPSA) is 39.4 Å². The van der Waals surface area contributed by atoms with E-state index in [1.165, 1.54) is 145 Å². The van der Waals surface area contributed by atoms with Gasteiger partial charge in [-0.2, -0.15) is 0 Å². The van der Waals surface area contributed by atoms with Gasteiger partial charge in [-0.05, 0) is 136 Å². The molecular weight excluding hydrogens is 649 g/mol. The van der Waals surface area contributed by atoms with Gasteiger partial charge >= 0.3 is 5.97 Å². The van der Waals surface area contributed by atoms with Gasteiger partial charge in [0.1, 0.15) is 17.6 Å². The average molecular weight is 733 g/mol. The van der Waals surface area contributed by atoms with Crippen LogP contribution >= 0.6 is 0 Å². The van der Waals surface area contributed by atoms with Crippen LogP contribution in [-0.2, 0) is 22.4 Å². The van der Waals surface area contributed by atoms with E-state index in [0.717, 1.165) is 74.0 Å². The van der Waals surface area contributed by atoms with Gasteiger partial charge in [0, 0.05) is 25.7 Å². The molecule has 0 bridgehead atoms. The molecule has 0 N–H and O–H groups in total. The number of hydrogen-bond acceptors (Lipinski definition) is 3. The fraction of sp³-hybridized carbons (Fsp3) is 0.860. The minimum absolute atomic E-state index is 0.0495. The number of hydrogen-bond donors (Lipinski definition) is 0. The highest BCUT2D eigenvalue weighted by Crippen LogP contribution is 2.67. The molecule has 0 saturated heterocycles. The highest BCUT2D eigenvalue weighted by Gasteiger charge is 2.59. The first-order valence-electron chi connectivity index (χ1n) is 23.4. The van der Waals surface area contributed by atoms with Gasteiger partial charge in [0.25, 0.3) is 0 Å². The summed E-state index contributed by atoms with van der Waals surface area (Å²) >= 11 is 0. The molecule has 53 heavy (non-hydrogen) atoms. The molecule has 302 valence electrons. The van der Waals surface area contributed by atoms with E-state index in [9.17, 15) is 4.79 Å². The maximum Gasteiger partial charge on any atom is 0.306 e. The van der Waals surface area contributed by atoms with Gasteiger partial charge in [-0.3, -0.25) is 4.79 Å². The molecule has 5 rings (SSSR count). The molecule has 0 radical (unpaired) electrons. The molecule has 0 aromatic carbocycles. The van der Waals surface area contributed by atoms with Crippen LogP contribution in [0.15, 0.2) is 16.1 Å². The van der Waals surface area contributed by atoms with Crippen molar-refractivity contribution in [3.63, 3.8) is 0 Å². The summed E-state index contributed by atoms with van der Waals surface area (Å²) in [5.41, 5.74) is 5.29. The number of rotatable bonds is 22. The van der Waals surface area contributed by atoms with Crippen molar-refractivity contribution in [3.05, 3.63) is 34.3 Å². The normalized spacial score (nSPS) is 30.1. The molecule has 3 nitrogen and oxygen atoms in total. The smallest absolute Gasteiger partial charge is 0.306 e. The largest absolute Gasteiger partial charge is 0.466 e. The Bertz CT molecular complexity index is 1300. The van der Waals surface area contributed by atoms with Crippen LogP contribution < -0.4 is 0 Å². The van der Waals surface area contributed by atoms with Crippen LogP contribution in [0.1, 0.15) is 218 Å². The first-order valence-corrected chi connectivity index (χ1v) is 23.4. The Labute approximate surface area is 328 Å². The van der Waals surface area contributed by atoms with Crippen LogP contribution in [0.25, 0.3) is 0 Å². The maximum atomic E-state index is 12.9. The standard InChI is InChI=1S/C50H84O3/c1-9-10-11-18-24-46-38(5)39(6)47(53-46)25-19-16-14-12-13-15-17-20-26-48(51)52-41-31-33-49(7)40(35-41)27-28-42-44-30-29-43(37(4)23-21-22-36(2)3)50(44,8)34-32-45(42)49/h27,36-37,41-45H,9-26,28-35H2,1-8H3. The second-order valence-corrected chi connectivity index (χ2v) is 20.0. The van der Waals surface area contributed by atoms with Crippen molar-refractivity contribution in [2.24, 2.45) is 46.3 Å². The van der Waals surface area contributed by atoms with Crippen LogP contribution in [0.3, 0.4) is 0 Å². The third-order valence-corrected chi connectivity index (χ3v) is 16.0. The highest BCUT2D eigenvalue weighted by atomic mass is 16.5. The second-order valence-electron chi connectivity index (χ2n) is 20.0. The number of esters is 1. The fourth-order valence-electron chi connectivity index (χ4n) is 12.5. The van der Waals surface area contributed by atoms with Crippen LogP contribution in [0.4, 0.5) is 0 Å². The summed E-state index contributed by atoms with van der Waals surface area (Å²) in [7, 11) is 0. The number of allylic oxidation sites excluding steroid dienone is 1. The highest BCUT2D eigenvalue weighted by molar-refractivity contribution is 5.69. The van der Waals surface area contributed by atoms with E-state index in [1.807, 2.05) is 0 Å². The van der Waals surface area contributed by atoms with Gasteiger partial charge in [-0.25, -0.2) is 0 Å². The van der Waals surface area contributed by atoms with Crippen molar-refractivity contribution in [2.75, 3.05) is 0 Å². The lowest BCUT2D eigenvalue weighted by Crippen LogP contribution is -2.51. The third kappa shape index (κ3) is 10.7. The Morgan fingerprint density at radius 1 is 0.774 bits per heavy atom. The lowest BCUT2D eigenvalue weighted by atomic mass is 9.47. The van der Waals surface area contributed by atoms with Crippen molar-refractivity contribution in [1.82, 2.24) is 0 Å². The first kappa shape index (κ1) is 42.6. The van der Waals surface area contributed by atoms with Crippen LogP contribution in [0.5, 0.6) is 0 Å². The summed E-state index contributed by atoms with van der Waals surface area (Å²) in [6.45, 7) is 19.4. The van der Waals surface area contributed by atoms with Gasteiger partial charge in [-0.15, -0.1) is 0 Å². The number of fused-ring (bicyclic) bond motifs is 5. The van der Waals surface area contributed by atoms with Crippen molar-refractivity contribution < 1.29 is 13.9 Å². The molecule has 4 aliphatic carbocycles. The maximum absolute atomic E-state index is 12.9. The summed E-state index contributed by atoms with van der Waals surface area (Å²) in [5, 5.41) is 0. The van der Waals surface area contributed by atoms with Crippen molar-refractivity contribution in [2.45, 2.75) is 228 Å².